The van der Waals surface area contributed by atoms with E-state index in [9.17, 15) is 9.59 Å². The third-order valence-corrected chi connectivity index (χ3v) is 5.88. The molecule has 2 amide bonds. The summed E-state index contributed by atoms with van der Waals surface area (Å²) in [7, 11) is 0. The number of hydrogen-bond acceptors (Lipinski definition) is 2. The first-order chi connectivity index (χ1) is 12.1. The molecule has 136 valence electrons. The Labute approximate surface area is 151 Å². The number of nitrogens with one attached hydrogen (secondary N) is 1. The Bertz CT molecular complexity index is 607. The number of anilines is 1. The van der Waals surface area contributed by atoms with Gasteiger partial charge in [-0.15, -0.1) is 0 Å². The van der Waals surface area contributed by atoms with Crippen molar-refractivity contribution in [2.24, 2.45) is 11.8 Å². The Kier molecular flexibility index (Phi) is 5.77. The van der Waals surface area contributed by atoms with Crippen molar-refractivity contribution in [1.29, 1.82) is 0 Å². The van der Waals surface area contributed by atoms with Crippen LogP contribution in [0.25, 0.3) is 0 Å². The SMILES string of the molecule is CCc1cccc(CC)c1NC(=O)C1CCN(C(=O)C2CCC2)CC1. The lowest BCUT2D eigenvalue weighted by molar-refractivity contribution is -0.140. The van der Waals surface area contributed by atoms with E-state index in [2.05, 4.69) is 37.4 Å². The van der Waals surface area contributed by atoms with Gasteiger partial charge < -0.3 is 10.2 Å². The third kappa shape index (κ3) is 3.88. The number of piperidine rings is 1. The zero-order valence-corrected chi connectivity index (χ0v) is 15.5. The summed E-state index contributed by atoms with van der Waals surface area (Å²) >= 11 is 0. The van der Waals surface area contributed by atoms with E-state index in [-0.39, 0.29) is 17.7 Å². The van der Waals surface area contributed by atoms with Crippen LogP contribution in [0.5, 0.6) is 0 Å². The van der Waals surface area contributed by atoms with Gasteiger partial charge in [-0.3, -0.25) is 9.59 Å². The highest BCUT2D eigenvalue weighted by molar-refractivity contribution is 5.94. The van der Waals surface area contributed by atoms with Crippen LogP contribution in [-0.4, -0.2) is 29.8 Å². The molecule has 25 heavy (non-hydrogen) atoms. The van der Waals surface area contributed by atoms with E-state index in [0.29, 0.717) is 5.91 Å². The van der Waals surface area contributed by atoms with Crippen molar-refractivity contribution in [2.75, 3.05) is 18.4 Å². The van der Waals surface area contributed by atoms with E-state index in [1.807, 2.05) is 4.90 Å². The second-order valence-corrected chi connectivity index (χ2v) is 7.38. The van der Waals surface area contributed by atoms with E-state index in [4.69, 9.17) is 0 Å². The quantitative estimate of drug-likeness (QED) is 0.885. The van der Waals surface area contributed by atoms with Gasteiger partial charge in [-0.2, -0.15) is 0 Å². The number of nitrogens with zero attached hydrogens (tertiary/aromatic N) is 1. The highest BCUT2D eigenvalue weighted by Gasteiger charge is 2.33. The Morgan fingerprint density at radius 2 is 1.60 bits per heavy atom. The first-order valence-corrected chi connectivity index (χ1v) is 9.84. The predicted octanol–water partition coefficient (Wildman–Crippen LogP) is 3.79. The minimum Gasteiger partial charge on any atom is -0.342 e. The average molecular weight is 342 g/mol. The van der Waals surface area contributed by atoms with E-state index in [1.54, 1.807) is 0 Å². The maximum absolute atomic E-state index is 12.8. The normalized spacial score (nSPS) is 18.7. The van der Waals surface area contributed by atoms with Crippen molar-refractivity contribution in [2.45, 2.75) is 58.8 Å². The smallest absolute Gasteiger partial charge is 0.227 e. The Morgan fingerprint density at radius 1 is 1.00 bits per heavy atom. The van der Waals surface area contributed by atoms with Crippen LogP contribution < -0.4 is 5.32 Å². The fourth-order valence-electron chi connectivity index (χ4n) is 3.90. The van der Waals surface area contributed by atoms with Crippen LogP contribution in [-0.2, 0) is 22.4 Å². The van der Waals surface area contributed by atoms with Gasteiger partial charge in [0.2, 0.25) is 11.8 Å². The second kappa shape index (κ2) is 8.03. The molecule has 0 radical (unpaired) electrons. The van der Waals surface area contributed by atoms with Crippen LogP contribution >= 0.6 is 0 Å². The lowest BCUT2D eigenvalue weighted by Crippen LogP contribution is -2.45. The molecule has 1 aliphatic carbocycles. The molecule has 2 fully saturated rings. The van der Waals surface area contributed by atoms with Crippen molar-refractivity contribution in [3.8, 4) is 0 Å². The summed E-state index contributed by atoms with van der Waals surface area (Å²) in [5.41, 5.74) is 3.40. The largest absolute Gasteiger partial charge is 0.342 e. The molecule has 0 atom stereocenters. The van der Waals surface area contributed by atoms with Gasteiger partial charge in [-0.05, 0) is 49.7 Å². The number of rotatable bonds is 5. The summed E-state index contributed by atoms with van der Waals surface area (Å²) in [5.74, 6) is 0.704. The fourth-order valence-corrected chi connectivity index (χ4v) is 3.90. The monoisotopic (exact) mass is 342 g/mol. The number of carbonyl (C=O) groups excluding carboxylic acids is 2. The van der Waals surface area contributed by atoms with Gasteiger partial charge in [0.05, 0.1) is 0 Å². The average Bonchev–Trinajstić information content (AvgIpc) is 2.60. The van der Waals surface area contributed by atoms with Crippen molar-refractivity contribution in [3.63, 3.8) is 0 Å². The zero-order chi connectivity index (χ0) is 17.8. The van der Waals surface area contributed by atoms with Gasteiger partial charge in [0.15, 0.2) is 0 Å². The van der Waals surface area contributed by atoms with Crippen LogP contribution in [0.3, 0.4) is 0 Å². The third-order valence-electron chi connectivity index (χ3n) is 5.88. The predicted molar refractivity (Wildman–Crippen MR) is 100 cm³/mol. The highest BCUT2D eigenvalue weighted by atomic mass is 16.2. The van der Waals surface area contributed by atoms with Crippen molar-refractivity contribution >= 4 is 17.5 Å². The van der Waals surface area contributed by atoms with Crippen molar-refractivity contribution in [3.05, 3.63) is 29.3 Å². The topological polar surface area (TPSA) is 49.4 Å². The van der Waals surface area contributed by atoms with Gasteiger partial charge in [0.25, 0.3) is 0 Å². The molecule has 1 saturated carbocycles. The minimum atomic E-state index is 0.0139. The summed E-state index contributed by atoms with van der Waals surface area (Å²) in [4.78, 5) is 27.1. The maximum atomic E-state index is 12.8. The number of aryl methyl sites for hydroxylation is 2. The number of hydrogen-bond donors (Lipinski definition) is 1. The molecule has 4 heteroatoms. The van der Waals surface area contributed by atoms with Crippen LogP contribution in [0.2, 0.25) is 0 Å². The van der Waals surface area contributed by atoms with Crippen molar-refractivity contribution in [1.82, 2.24) is 4.90 Å². The summed E-state index contributed by atoms with van der Waals surface area (Å²) in [6.45, 7) is 5.69. The van der Waals surface area contributed by atoms with Gasteiger partial charge >= 0.3 is 0 Å². The number of likely N-dealkylation sites (tertiary alicyclic amines) is 1. The van der Waals surface area contributed by atoms with Gasteiger partial charge in [0.1, 0.15) is 0 Å². The number of amides is 2. The number of benzene rings is 1. The van der Waals surface area contributed by atoms with Crippen LogP contribution in [0.1, 0.15) is 57.1 Å². The van der Waals surface area contributed by atoms with E-state index in [1.165, 1.54) is 17.5 Å². The summed E-state index contributed by atoms with van der Waals surface area (Å²) in [6, 6.07) is 6.25. The number of carbonyl (C=O) groups is 2. The standard InChI is InChI=1S/C21H30N2O2/c1-3-15-7-5-8-16(4-2)19(15)22-20(24)17-11-13-23(14-12-17)21(25)18-9-6-10-18/h5,7-8,17-18H,3-4,6,9-14H2,1-2H3,(H,22,24). The van der Waals surface area contributed by atoms with Crippen LogP contribution in [0.4, 0.5) is 5.69 Å². The molecule has 1 saturated heterocycles. The van der Waals surface area contributed by atoms with E-state index >= 15 is 0 Å². The lowest BCUT2D eigenvalue weighted by Gasteiger charge is -2.36. The molecule has 0 spiro atoms. The molecular formula is C21H30N2O2. The Balaban J connectivity index is 1.59. The fraction of sp³-hybridized carbons (Fsp3) is 0.619. The minimum absolute atomic E-state index is 0.0139. The molecule has 1 aromatic rings. The lowest BCUT2D eigenvalue weighted by atomic mass is 9.83. The van der Waals surface area contributed by atoms with Crippen molar-refractivity contribution < 1.29 is 9.59 Å². The van der Waals surface area contributed by atoms with Crippen LogP contribution in [0, 0.1) is 11.8 Å². The second-order valence-electron chi connectivity index (χ2n) is 7.38. The molecule has 3 rings (SSSR count). The molecule has 1 heterocycles. The molecule has 1 N–H and O–H groups in total. The first kappa shape index (κ1) is 18.0. The van der Waals surface area contributed by atoms with E-state index in [0.717, 1.165) is 57.3 Å². The number of para-hydroxylation sites is 1. The molecule has 2 aliphatic rings. The molecule has 0 bridgehead atoms. The molecular weight excluding hydrogens is 312 g/mol. The van der Waals surface area contributed by atoms with Crippen LogP contribution in [0.15, 0.2) is 18.2 Å². The molecule has 0 aromatic heterocycles. The van der Waals surface area contributed by atoms with Gasteiger partial charge in [-0.1, -0.05) is 38.5 Å². The summed E-state index contributed by atoms with van der Waals surface area (Å²) < 4.78 is 0. The van der Waals surface area contributed by atoms with Gasteiger partial charge in [-0.25, -0.2) is 0 Å². The molecule has 4 nitrogen and oxygen atoms in total. The Hall–Kier alpha value is -1.84. The van der Waals surface area contributed by atoms with Gasteiger partial charge in [0, 0.05) is 30.6 Å². The maximum Gasteiger partial charge on any atom is 0.227 e. The highest BCUT2D eigenvalue weighted by Crippen LogP contribution is 2.30. The molecule has 0 unspecified atom stereocenters. The molecule has 1 aliphatic heterocycles. The van der Waals surface area contributed by atoms with E-state index < -0.39 is 0 Å². The Morgan fingerprint density at radius 3 is 2.08 bits per heavy atom. The summed E-state index contributed by atoms with van der Waals surface area (Å²) in [6.07, 6.45) is 6.67. The summed E-state index contributed by atoms with van der Waals surface area (Å²) in [5, 5.41) is 3.20. The first-order valence-electron chi connectivity index (χ1n) is 9.84. The molecule has 1 aromatic carbocycles. The zero-order valence-electron chi connectivity index (χ0n) is 15.5.